The lowest BCUT2D eigenvalue weighted by Gasteiger charge is -2.36. The number of rotatable bonds is 9. The van der Waals surface area contributed by atoms with Crippen molar-refractivity contribution in [2.24, 2.45) is 18.9 Å². The highest BCUT2D eigenvalue weighted by molar-refractivity contribution is 6.34. The first kappa shape index (κ1) is 36.4. The Morgan fingerprint density at radius 1 is 0.961 bits per heavy atom. The van der Waals surface area contributed by atoms with E-state index in [9.17, 15) is 19.2 Å². The molecule has 3 aliphatic heterocycles. The van der Waals surface area contributed by atoms with Crippen LogP contribution in [0.2, 0.25) is 5.02 Å². The van der Waals surface area contributed by atoms with Crippen LogP contribution in [-0.2, 0) is 16.6 Å². The third-order valence-corrected chi connectivity index (χ3v) is 11.4. The number of amides is 3. The number of nitrogens with zero attached hydrogens (tertiary/aromatic N) is 3. The number of hydrogen-bond acceptors (Lipinski definition) is 7. The number of pyridine rings is 1. The highest BCUT2D eigenvalue weighted by atomic mass is 35.5. The molecule has 51 heavy (non-hydrogen) atoms. The summed E-state index contributed by atoms with van der Waals surface area (Å²) in [6, 6.07) is 8.05. The van der Waals surface area contributed by atoms with Crippen molar-refractivity contribution >= 4 is 40.7 Å². The van der Waals surface area contributed by atoms with Gasteiger partial charge >= 0.3 is 0 Å². The van der Waals surface area contributed by atoms with Crippen LogP contribution in [0.15, 0.2) is 41.3 Å². The van der Waals surface area contributed by atoms with Crippen LogP contribution < -0.4 is 25.8 Å². The van der Waals surface area contributed by atoms with Crippen LogP contribution in [0.3, 0.4) is 0 Å². The molecular weight excluding hydrogens is 673 g/mol. The Bertz CT molecular complexity index is 1880. The molecule has 3 amide bonds. The molecule has 3 fully saturated rings. The van der Waals surface area contributed by atoms with Gasteiger partial charge < -0.3 is 24.4 Å². The fourth-order valence-electron chi connectivity index (χ4n) is 7.77. The fourth-order valence-corrected chi connectivity index (χ4v) is 8.07. The number of carbonyl (C=O) groups excluding carboxylic acids is 3. The molecule has 1 atom stereocenters. The van der Waals surface area contributed by atoms with Gasteiger partial charge in [0.1, 0.15) is 23.2 Å². The fraction of sp³-hybridized carbons (Fsp3) is 0.487. The number of ether oxygens (including phenoxy) is 1. The predicted octanol–water partition coefficient (Wildman–Crippen LogP) is 6.24. The van der Waals surface area contributed by atoms with E-state index in [0.717, 1.165) is 68.3 Å². The average molecular weight is 720 g/mol. The lowest BCUT2D eigenvalue weighted by molar-refractivity contribution is -0.133. The highest BCUT2D eigenvalue weighted by Crippen LogP contribution is 2.37. The molecule has 4 heterocycles. The number of aryl methyl sites for hydroxylation is 1. The van der Waals surface area contributed by atoms with E-state index < -0.39 is 6.04 Å². The Kier molecular flexibility index (Phi) is 11.0. The standard InChI is InChI=1S/C39H47ClFN5O5/c1-23-24(2)38(49)44(3)22-29(23)27-19-30(40)36(34(20-27)51-4)39(50)46-17-13-26(14-18-46)6-5-25-11-15-45(16-12-25)33-9-7-28(21-31(33)41)42-32-8-10-35(47)43-37(32)48/h7,9,19-22,25-26,32,42H,5-6,8,10-18H2,1-4H3,(H,43,47,48). The number of piperidine rings is 3. The summed E-state index contributed by atoms with van der Waals surface area (Å²) in [5.74, 6) is 0.433. The molecule has 0 spiro atoms. The molecule has 3 aliphatic rings. The SMILES string of the molecule is COc1cc(-c2cn(C)c(=O)c(C)c2C)cc(Cl)c1C(=O)N1CCC(CCC2CCN(c3ccc(NC4CCC(=O)NC4=O)cc3F)CC2)CC1. The third kappa shape index (κ3) is 7.93. The number of aromatic nitrogens is 1. The van der Waals surface area contributed by atoms with Crippen molar-refractivity contribution in [3.8, 4) is 16.9 Å². The number of carbonyl (C=O) groups is 3. The normalized spacial score (nSPS) is 18.9. The largest absolute Gasteiger partial charge is 0.496 e. The number of anilines is 2. The van der Waals surface area contributed by atoms with Gasteiger partial charge in [0.25, 0.3) is 11.5 Å². The summed E-state index contributed by atoms with van der Waals surface area (Å²) in [4.78, 5) is 53.6. The number of nitrogens with one attached hydrogen (secondary N) is 2. The lowest BCUT2D eigenvalue weighted by atomic mass is 9.85. The minimum atomic E-state index is -0.551. The van der Waals surface area contributed by atoms with E-state index in [0.29, 0.717) is 64.6 Å². The van der Waals surface area contributed by atoms with Gasteiger partial charge in [-0.05, 0) is 99.2 Å². The Balaban J connectivity index is 0.980. The van der Waals surface area contributed by atoms with Crippen LogP contribution in [0.1, 0.15) is 72.9 Å². The topological polar surface area (TPSA) is 113 Å². The van der Waals surface area contributed by atoms with Crippen molar-refractivity contribution in [3.05, 3.63) is 74.4 Å². The zero-order valence-electron chi connectivity index (χ0n) is 29.8. The highest BCUT2D eigenvalue weighted by Gasteiger charge is 2.30. The molecule has 10 nitrogen and oxygen atoms in total. The van der Waals surface area contributed by atoms with Crippen LogP contribution in [-0.4, -0.2) is 66.5 Å². The summed E-state index contributed by atoms with van der Waals surface area (Å²) >= 11 is 6.77. The molecule has 12 heteroatoms. The minimum absolute atomic E-state index is 0.0473. The molecule has 3 aromatic rings. The van der Waals surface area contributed by atoms with Gasteiger partial charge in [-0.15, -0.1) is 0 Å². The average Bonchev–Trinajstić information content (AvgIpc) is 3.12. The van der Waals surface area contributed by atoms with Gasteiger partial charge in [-0.1, -0.05) is 24.4 Å². The van der Waals surface area contributed by atoms with Gasteiger partial charge in [0.15, 0.2) is 0 Å². The van der Waals surface area contributed by atoms with E-state index in [4.69, 9.17) is 16.3 Å². The molecule has 1 aromatic heterocycles. The van der Waals surface area contributed by atoms with Crippen molar-refractivity contribution in [2.45, 2.75) is 71.3 Å². The van der Waals surface area contributed by atoms with E-state index in [-0.39, 0.29) is 35.5 Å². The Labute approximate surface area is 303 Å². The van der Waals surface area contributed by atoms with E-state index >= 15 is 4.39 Å². The second-order valence-electron chi connectivity index (χ2n) is 14.3. The summed E-state index contributed by atoms with van der Waals surface area (Å²) in [5, 5.41) is 5.70. The summed E-state index contributed by atoms with van der Waals surface area (Å²) in [5.41, 5.74) is 4.60. The summed E-state index contributed by atoms with van der Waals surface area (Å²) < 4.78 is 22.4. The molecule has 0 aliphatic carbocycles. The molecule has 0 radical (unpaired) electrons. The maximum absolute atomic E-state index is 15.1. The number of benzene rings is 2. The molecule has 2 aromatic carbocycles. The first-order chi connectivity index (χ1) is 24.4. The van der Waals surface area contributed by atoms with Crippen molar-refractivity contribution in [3.63, 3.8) is 0 Å². The van der Waals surface area contributed by atoms with Gasteiger partial charge in [0.05, 0.1) is 17.8 Å². The maximum atomic E-state index is 15.1. The molecule has 0 saturated carbocycles. The Morgan fingerprint density at radius 2 is 1.63 bits per heavy atom. The van der Waals surface area contributed by atoms with E-state index in [1.807, 2.05) is 24.8 Å². The van der Waals surface area contributed by atoms with Gasteiger partial charge in [0, 0.05) is 62.7 Å². The molecule has 2 N–H and O–H groups in total. The van der Waals surface area contributed by atoms with E-state index in [1.54, 1.807) is 36.0 Å². The monoisotopic (exact) mass is 719 g/mol. The molecule has 1 unspecified atom stereocenters. The zero-order chi connectivity index (χ0) is 36.4. The number of imide groups is 1. The van der Waals surface area contributed by atoms with Crippen molar-refractivity contribution in [1.29, 1.82) is 0 Å². The van der Waals surface area contributed by atoms with Gasteiger partial charge in [-0.25, -0.2) is 4.39 Å². The smallest absolute Gasteiger partial charge is 0.259 e. The predicted molar refractivity (Wildman–Crippen MR) is 197 cm³/mol. The molecule has 6 rings (SSSR count). The second kappa shape index (κ2) is 15.5. The van der Waals surface area contributed by atoms with Crippen LogP contribution in [0, 0.1) is 31.5 Å². The summed E-state index contributed by atoms with van der Waals surface area (Å²) in [7, 11) is 3.26. The first-order valence-electron chi connectivity index (χ1n) is 17.9. The van der Waals surface area contributed by atoms with Gasteiger partial charge in [-0.3, -0.25) is 24.5 Å². The number of halogens is 2. The van der Waals surface area contributed by atoms with E-state index in [2.05, 4.69) is 15.5 Å². The van der Waals surface area contributed by atoms with Crippen LogP contribution >= 0.6 is 11.6 Å². The lowest BCUT2D eigenvalue weighted by Crippen LogP contribution is -2.47. The van der Waals surface area contributed by atoms with Gasteiger partial charge in [-0.2, -0.15) is 0 Å². The minimum Gasteiger partial charge on any atom is -0.496 e. The first-order valence-corrected chi connectivity index (χ1v) is 18.3. The van der Waals surface area contributed by atoms with E-state index in [1.165, 1.54) is 13.2 Å². The Hall–Kier alpha value is -4.38. The molecule has 0 bridgehead atoms. The number of hydrogen-bond donors (Lipinski definition) is 2. The van der Waals surface area contributed by atoms with Crippen LogP contribution in [0.5, 0.6) is 5.75 Å². The third-order valence-electron chi connectivity index (χ3n) is 11.1. The zero-order valence-corrected chi connectivity index (χ0v) is 30.6. The van der Waals surface area contributed by atoms with Crippen LogP contribution in [0.25, 0.3) is 11.1 Å². The summed E-state index contributed by atoms with van der Waals surface area (Å²) in [6.45, 7) is 6.62. The Morgan fingerprint density at radius 3 is 2.25 bits per heavy atom. The quantitative estimate of drug-likeness (QED) is 0.252. The van der Waals surface area contributed by atoms with Gasteiger partial charge in [0.2, 0.25) is 11.8 Å². The maximum Gasteiger partial charge on any atom is 0.259 e. The second-order valence-corrected chi connectivity index (χ2v) is 14.7. The molecule has 272 valence electrons. The van der Waals surface area contributed by atoms with Crippen molar-refractivity contribution in [1.82, 2.24) is 14.8 Å². The van der Waals surface area contributed by atoms with Crippen LogP contribution in [0.4, 0.5) is 15.8 Å². The van der Waals surface area contributed by atoms with Crippen molar-refractivity contribution in [2.75, 3.05) is 43.5 Å². The summed E-state index contributed by atoms with van der Waals surface area (Å²) in [6.07, 6.45) is 8.54. The molecular formula is C39H47ClFN5O5. The number of likely N-dealkylation sites (tertiary alicyclic amines) is 1. The molecule has 3 saturated heterocycles. The number of methoxy groups -OCH3 is 1. The van der Waals surface area contributed by atoms with Crippen molar-refractivity contribution < 1.29 is 23.5 Å².